The Bertz CT molecular complexity index is 123. The van der Waals surface area contributed by atoms with E-state index < -0.39 is 0 Å². The minimum atomic E-state index is 0.971. The summed E-state index contributed by atoms with van der Waals surface area (Å²) in [5.74, 6) is 0. The molecule has 0 amide bonds. The summed E-state index contributed by atoms with van der Waals surface area (Å²) in [6, 6.07) is 0. The molecule has 0 aliphatic rings. The summed E-state index contributed by atoms with van der Waals surface area (Å²) in [6.45, 7) is 2.24. The van der Waals surface area contributed by atoms with Crippen LogP contribution in [0.2, 0.25) is 5.09 Å². The first-order valence-corrected chi connectivity index (χ1v) is 5.87. The average molecular weight is 175 g/mol. The van der Waals surface area contributed by atoms with Crippen LogP contribution in [0.4, 0.5) is 0 Å². The first-order valence-electron chi connectivity index (χ1n) is 5.87. The quantitative estimate of drug-likeness (QED) is 0.313. The number of hydrogen-bond donors (Lipinski definition) is 1. The summed E-state index contributed by atoms with van der Waals surface area (Å²) in [6.07, 6.45) is 9.87. The van der Waals surface area contributed by atoms with Crippen LogP contribution in [0.15, 0.2) is 0 Å². The number of nitrogens with one attached hydrogen (secondary N) is 1. The van der Waals surface area contributed by atoms with Crippen molar-refractivity contribution in [3.63, 3.8) is 0 Å². The second-order valence-corrected chi connectivity index (χ2v) is 3.87. The molecule has 0 bridgehead atoms. The van der Waals surface area contributed by atoms with E-state index in [4.69, 9.17) is 5.41 Å². The summed E-state index contributed by atoms with van der Waals surface area (Å²) >= 11 is 2.19. The van der Waals surface area contributed by atoms with Gasteiger partial charge >= 0.3 is 92.2 Å². The molecule has 0 aromatic rings. The fraction of sp³-hybridized carbons (Fsp3) is 0.909. The Morgan fingerprint density at radius 1 is 1.00 bits per heavy atom. The van der Waals surface area contributed by atoms with Crippen LogP contribution in [0.3, 0.4) is 0 Å². The SMILES string of the molecule is [Li][CH2]CCC(=N)CCCCCCC. The van der Waals surface area contributed by atoms with Crippen LogP contribution >= 0.6 is 0 Å². The Hall–Kier alpha value is 0.267. The van der Waals surface area contributed by atoms with Crippen LogP contribution in [0.1, 0.15) is 58.3 Å². The Balaban J connectivity index is 3.08. The van der Waals surface area contributed by atoms with Crippen LogP contribution in [0.5, 0.6) is 0 Å². The third kappa shape index (κ3) is 10.2. The molecular formula is C11H22LiN. The molecular weight excluding hydrogens is 153 g/mol. The van der Waals surface area contributed by atoms with Gasteiger partial charge < -0.3 is 0 Å². The normalized spacial score (nSPS) is 10.4. The van der Waals surface area contributed by atoms with E-state index in [1.54, 1.807) is 0 Å². The average Bonchev–Trinajstić information content (AvgIpc) is 2.14. The van der Waals surface area contributed by atoms with Gasteiger partial charge in [0.25, 0.3) is 0 Å². The molecule has 0 heterocycles. The van der Waals surface area contributed by atoms with Crippen molar-refractivity contribution in [1.82, 2.24) is 0 Å². The molecule has 72 valence electrons. The number of hydrogen-bond acceptors (Lipinski definition) is 1. The van der Waals surface area contributed by atoms with Crippen LogP contribution in [0, 0.1) is 5.41 Å². The van der Waals surface area contributed by atoms with E-state index in [1.807, 2.05) is 0 Å². The maximum absolute atomic E-state index is 7.67. The molecule has 0 saturated carbocycles. The van der Waals surface area contributed by atoms with Gasteiger partial charge in [-0.05, 0) is 0 Å². The monoisotopic (exact) mass is 175 g/mol. The van der Waals surface area contributed by atoms with Crippen LogP contribution < -0.4 is 0 Å². The van der Waals surface area contributed by atoms with E-state index in [-0.39, 0.29) is 0 Å². The third-order valence-corrected chi connectivity index (χ3v) is 2.41. The van der Waals surface area contributed by atoms with Gasteiger partial charge in [-0.15, -0.1) is 0 Å². The third-order valence-electron chi connectivity index (χ3n) is 2.41. The zero-order valence-corrected chi connectivity index (χ0v) is 9.36. The molecule has 0 rings (SSSR count). The van der Waals surface area contributed by atoms with E-state index >= 15 is 0 Å². The van der Waals surface area contributed by atoms with E-state index in [0.717, 1.165) is 18.6 Å². The molecule has 0 fully saturated rings. The Labute approximate surface area is 92.4 Å². The van der Waals surface area contributed by atoms with Gasteiger partial charge in [-0.1, -0.05) is 0 Å². The van der Waals surface area contributed by atoms with Crippen LogP contribution in [-0.4, -0.2) is 23.4 Å². The van der Waals surface area contributed by atoms with E-state index in [2.05, 4.69) is 24.6 Å². The van der Waals surface area contributed by atoms with Gasteiger partial charge in [0.1, 0.15) is 0 Å². The van der Waals surface area contributed by atoms with Crippen molar-refractivity contribution in [2.45, 2.75) is 63.4 Å². The minimum absolute atomic E-state index is 0.971. The molecule has 0 atom stereocenters. The summed E-state index contributed by atoms with van der Waals surface area (Å²) < 4.78 is 0. The van der Waals surface area contributed by atoms with Crippen molar-refractivity contribution >= 4 is 23.4 Å². The van der Waals surface area contributed by atoms with Crippen molar-refractivity contribution in [1.29, 1.82) is 5.41 Å². The topological polar surface area (TPSA) is 23.9 Å². The first kappa shape index (κ1) is 13.3. The van der Waals surface area contributed by atoms with Gasteiger partial charge in [0.15, 0.2) is 0 Å². The summed E-state index contributed by atoms with van der Waals surface area (Å²) in [7, 11) is 0. The van der Waals surface area contributed by atoms with E-state index in [9.17, 15) is 0 Å². The van der Waals surface area contributed by atoms with Crippen molar-refractivity contribution in [3.05, 3.63) is 0 Å². The molecule has 2 heteroatoms. The van der Waals surface area contributed by atoms with E-state index in [1.165, 1.54) is 43.6 Å². The molecule has 0 saturated heterocycles. The molecule has 0 unspecified atom stereocenters. The molecule has 0 aliphatic heterocycles. The predicted molar refractivity (Wildman–Crippen MR) is 60.9 cm³/mol. The van der Waals surface area contributed by atoms with E-state index in [0.29, 0.717) is 0 Å². The Morgan fingerprint density at radius 3 is 2.23 bits per heavy atom. The molecule has 1 nitrogen and oxygen atoms in total. The molecule has 1 N–H and O–H groups in total. The van der Waals surface area contributed by atoms with Gasteiger partial charge in [-0.2, -0.15) is 0 Å². The Kier molecular flexibility index (Phi) is 10.6. The Morgan fingerprint density at radius 2 is 1.62 bits per heavy atom. The van der Waals surface area contributed by atoms with Gasteiger partial charge in [0.2, 0.25) is 0 Å². The molecule has 0 radical (unpaired) electrons. The van der Waals surface area contributed by atoms with Crippen LogP contribution in [-0.2, 0) is 0 Å². The molecule has 0 aromatic carbocycles. The fourth-order valence-corrected chi connectivity index (χ4v) is 1.46. The second-order valence-electron chi connectivity index (χ2n) is 3.87. The van der Waals surface area contributed by atoms with Crippen molar-refractivity contribution in [3.8, 4) is 0 Å². The summed E-state index contributed by atoms with van der Waals surface area (Å²) in [4.78, 5) is 0. The summed E-state index contributed by atoms with van der Waals surface area (Å²) in [5.41, 5.74) is 0.971. The number of rotatable bonds is 9. The van der Waals surface area contributed by atoms with Crippen LogP contribution in [0.25, 0.3) is 0 Å². The molecule has 0 aliphatic carbocycles. The van der Waals surface area contributed by atoms with Gasteiger partial charge in [0.05, 0.1) is 0 Å². The zero-order valence-electron chi connectivity index (χ0n) is 9.36. The molecule has 0 spiro atoms. The standard InChI is InChI=1S/C11H22N.Li/c1-3-5-6-7-8-10-11(12)9-4-2;/h12H,2-10H2,1H3;. The van der Waals surface area contributed by atoms with Crippen molar-refractivity contribution in [2.24, 2.45) is 0 Å². The van der Waals surface area contributed by atoms with Gasteiger partial charge in [0, 0.05) is 0 Å². The first-order chi connectivity index (χ1) is 6.31. The number of unbranched alkanes of at least 4 members (excludes halogenated alkanes) is 4. The molecule has 0 aromatic heterocycles. The fourth-order valence-electron chi connectivity index (χ4n) is 1.46. The maximum atomic E-state index is 7.67. The summed E-state index contributed by atoms with van der Waals surface area (Å²) in [5, 5.41) is 8.89. The van der Waals surface area contributed by atoms with Gasteiger partial charge in [-0.25, -0.2) is 0 Å². The van der Waals surface area contributed by atoms with Crippen molar-refractivity contribution < 1.29 is 0 Å². The predicted octanol–water partition coefficient (Wildman–Crippen LogP) is 3.73. The zero-order chi connectivity index (χ0) is 9.94. The molecule has 13 heavy (non-hydrogen) atoms. The second kappa shape index (κ2) is 10.3. The van der Waals surface area contributed by atoms with Gasteiger partial charge in [-0.3, -0.25) is 0 Å². The van der Waals surface area contributed by atoms with Crippen molar-refractivity contribution in [2.75, 3.05) is 0 Å².